The van der Waals surface area contributed by atoms with E-state index in [9.17, 15) is 5.11 Å². The molecule has 1 saturated heterocycles. The van der Waals surface area contributed by atoms with E-state index in [1.807, 2.05) is 12.1 Å². The van der Waals surface area contributed by atoms with Crippen molar-refractivity contribution in [1.29, 1.82) is 0 Å². The smallest absolute Gasteiger partial charge is 0.122 e. The lowest BCUT2D eigenvalue weighted by Gasteiger charge is -2.44. The highest BCUT2D eigenvalue weighted by Crippen LogP contribution is 2.40. The summed E-state index contributed by atoms with van der Waals surface area (Å²) in [5.41, 5.74) is 2.17. The maximum absolute atomic E-state index is 11.1. The Morgan fingerprint density at radius 3 is 2.62 bits per heavy atom. The average Bonchev–Trinajstić information content (AvgIpc) is 3.19. The molecule has 1 N–H and O–H groups in total. The first-order valence-corrected chi connectivity index (χ1v) is 8.40. The first-order chi connectivity index (χ1) is 10.2. The summed E-state index contributed by atoms with van der Waals surface area (Å²) in [5, 5.41) is 11.1. The molecule has 3 rings (SSSR count). The van der Waals surface area contributed by atoms with E-state index in [0.29, 0.717) is 0 Å². The molecule has 3 heteroatoms. The summed E-state index contributed by atoms with van der Waals surface area (Å²) in [7, 11) is 0. The van der Waals surface area contributed by atoms with Crippen molar-refractivity contribution < 1.29 is 9.84 Å². The minimum atomic E-state index is -0.420. The minimum absolute atomic E-state index is 0.121. The predicted octanol–water partition coefficient (Wildman–Crippen LogP) is 3.31. The van der Waals surface area contributed by atoms with E-state index in [0.717, 1.165) is 50.3 Å². The third-order valence-electron chi connectivity index (χ3n) is 5.50. The Morgan fingerprint density at radius 1 is 1.24 bits per heavy atom. The molecule has 0 aliphatic carbocycles. The van der Waals surface area contributed by atoms with Gasteiger partial charge in [-0.25, -0.2) is 0 Å². The summed E-state index contributed by atoms with van der Waals surface area (Å²) < 4.78 is 5.58. The highest BCUT2D eigenvalue weighted by atomic mass is 16.5. The van der Waals surface area contributed by atoms with Gasteiger partial charge < -0.3 is 9.84 Å². The number of ether oxygens (including phenoxy) is 1. The van der Waals surface area contributed by atoms with Crippen LogP contribution in [0, 0.1) is 0 Å². The fraction of sp³-hybridized carbons (Fsp3) is 0.667. The SMILES string of the molecule is CCC(CC)(C(O)c1ccc2c(c1)CCO2)N1CCCC1. The van der Waals surface area contributed by atoms with Gasteiger partial charge in [0.2, 0.25) is 0 Å². The number of likely N-dealkylation sites (tertiary alicyclic amines) is 1. The van der Waals surface area contributed by atoms with Crippen LogP contribution in [0.1, 0.15) is 56.8 Å². The summed E-state index contributed by atoms with van der Waals surface area (Å²) in [6.07, 6.45) is 5.02. The molecule has 0 radical (unpaired) electrons. The molecular formula is C18H27NO2. The third kappa shape index (κ3) is 2.47. The fourth-order valence-electron chi connectivity index (χ4n) is 4.11. The molecule has 0 amide bonds. The van der Waals surface area contributed by atoms with Gasteiger partial charge in [-0.2, -0.15) is 0 Å². The molecule has 0 saturated carbocycles. The van der Waals surface area contributed by atoms with Crippen molar-refractivity contribution in [3.63, 3.8) is 0 Å². The third-order valence-corrected chi connectivity index (χ3v) is 5.50. The van der Waals surface area contributed by atoms with Crippen molar-refractivity contribution in [1.82, 2.24) is 4.90 Å². The number of nitrogens with zero attached hydrogens (tertiary/aromatic N) is 1. The van der Waals surface area contributed by atoms with Crippen LogP contribution >= 0.6 is 0 Å². The van der Waals surface area contributed by atoms with Crippen molar-refractivity contribution in [3.05, 3.63) is 29.3 Å². The molecule has 2 heterocycles. The topological polar surface area (TPSA) is 32.7 Å². The summed E-state index contributed by atoms with van der Waals surface area (Å²) in [5.74, 6) is 0.991. The molecule has 2 aliphatic rings. The number of benzene rings is 1. The van der Waals surface area contributed by atoms with E-state index in [2.05, 4.69) is 24.8 Å². The summed E-state index contributed by atoms with van der Waals surface area (Å²) >= 11 is 0. The minimum Gasteiger partial charge on any atom is -0.493 e. The second-order valence-electron chi connectivity index (χ2n) is 6.37. The second kappa shape index (κ2) is 5.98. The molecule has 0 bridgehead atoms. The van der Waals surface area contributed by atoms with E-state index >= 15 is 0 Å². The molecule has 1 aromatic carbocycles. The molecule has 116 valence electrons. The van der Waals surface area contributed by atoms with Gasteiger partial charge in [-0.3, -0.25) is 4.90 Å². The number of hydrogen-bond acceptors (Lipinski definition) is 3. The quantitative estimate of drug-likeness (QED) is 0.902. The molecule has 0 aromatic heterocycles. The van der Waals surface area contributed by atoms with Gasteiger partial charge in [-0.05, 0) is 62.0 Å². The number of aliphatic hydroxyl groups is 1. The van der Waals surface area contributed by atoms with Gasteiger partial charge in [-0.15, -0.1) is 0 Å². The lowest BCUT2D eigenvalue weighted by molar-refractivity contribution is -0.0295. The van der Waals surface area contributed by atoms with Crippen LogP contribution in [0.15, 0.2) is 18.2 Å². The predicted molar refractivity (Wildman–Crippen MR) is 84.7 cm³/mol. The molecule has 3 nitrogen and oxygen atoms in total. The largest absolute Gasteiger partial charge is 0.493 e. The number of aliphatic hydroxyl groups excluding tert-OH is 1. The van der Waals surface area contributed by atoms with Crippen molar-refractivity contribution in [2.75, 3.05) is 19.7 Å². The maximum Gasteiger partial charge on any atom is 0.122 e. The second-order valence-corrected chi connectivity index (χ2v) is 6.37. The molecule has 1 atom stereocenters. The highest BCUT2D eigenvalue weighted by Gasteiger charge is 2.42. The Kier molecular flexibility index (Phi) is 4.23. The van der Waals surface area contributed by atoms with Crippen LogP contribution in [-0.4, -0.2) is 35.2 Å². The maximum atomic E-state index is 11.1. The van der Waals surface area contributed by atoms with Crippen LogP contribution in [0.4, 0.5) is 0 Å². The van der Waals surface area contributed by atoms with Crippen LogP contribution in [0.2, 0.25) is 0 Å². The summed E-state index contributed by atoms with van der Waals surface area (Å²) in [6, 6.07) is 6.23. The first-order valence-electron chi connectivity index (χ1n) is 8.40. The van der Waals surface area contributed by atoms with Crippen LogP contribution in [0.5, 0.6) is 5.75 Å². The first kappa shape index (κ1) is 14.9. The van der Waals surface area contributed by atoms with E-state index in [1.165, 1.54) is 18.4 Å². The van der Waals surface area contributed by atoms with Crippen molar-refractivity contribution in [3.8, 4) is 5.75 Å². The summed E-state index contributed by atoms with van der Waals surface area (Å²) in [6.45, 7) is 7.43. The zero-order valence-corrected chi connectivity index (χ0v) is 13.3. The Bertz CT molecular complexity index is 490. The number of rotatable bonds is 5. The molecule has 0 spiro atoms. The molecule has 1 fully saturated rings. The molecular weight excluding hydrogens is 262 g/mol. The van der Waals surface area contributed by atoms with Gasteiger partial charge in [0.15, 0.2) is 0 Å². The van der Waals surface area contributed by atoms with Gasteiger partial charge in [0.25, 0.3) is 0 Å². The lowest BCUT2D eigenvalue weighted by atomic mass is 9.81. The van der Waals surface area contributed by atoms with Gasteiger partial charge in [0.1, 0.15) is 5.75 Å². The van der Waals surface area contributed by atoms with Gasteiger partial charge >= 0.3 is 0 Å². The van der Waals surface area contributed by atoms with Crippen LogP contribution in [-0.2, 0) is 6.42 Å². The molecule has 21 heavy (non-hydrogen) atoms. The van der Waals surface area contributed by atoms with E-state index in [-0.39, 0.29) is 5.54 Å². The van der Waals surface area contributed by atoms with Crippen molar-refractivity contribution >= 4 is 0 Å². The van der Waals surface area contributed by atoms with Crippen molar-refractivity contribution in [2.45, 2.75) is 57.6 Å². The summed E-state index contributed by atoms with van der Waals surface area (Å²) in [4.78, 5) is 2.52. The number of hydrogen-bond donors (Lipinski definition) is 1. The Labute approximate surface area is 127 Å². The Hall–Kier alpha value is -1.06. The zero-order chi connectivity index (χ0) is 14.9. The fourth-order valence-corrected chi connectivity index (χ4v) is 4.11. The Morgan fingerprint density at radius 2 is 1.95 bits per heavy atom. The van der Waals surface area contributed by atoms with E-state index < -0.39 is 6.10 Å². The van der Waals surface area contributed by atoms with Gasteiger partial charge in [0, 0.05) is 6.42 Å². The zero-order valence-electron chi connectivity index (χ0n) is 13.3. The van der Waals surface area contributed by atoms with E-state index in [4.69, 9.17) is 4.74 Å². The van der Waals surface area contributed by atoms with Crippen LogP contribution < -0.4 is 4.74 Å². The van der Waals surface area contributed by atoms with Gasteiger partial charge in [-0.1, -0.05) is 19.9 Å². The van der Waals surface area contributed by atoms with Crippen LogP contribution in [0.3, 0.4) is 0 Å². The van der Waals surface area contributed by atoms with E-state index in [1.54, 1.807) is 0 Å². The van der Waals surface area contributed by atoms with Crippen molar-refractivity contribution in [2.24, 2.45) is 0 Å². The molecule has 1 unspecified atom stereocenters. The van der Waals surface area contributed by atoms with Crippen LogP contribution in [0.25, 0.3) is 0 Å². The molecule has 1 aromatic rings. The average molecular weight is 289 g/mol. The monoisotopic (exact) mass is 289 g/mol. The Balaban J connectivity index is 1.91. The standard InChI is InChI=1S/C18H27NO2/c1-3-18(4-2,19-10-5-6-11-19)17(20)15-7-8-16-14(13-15)9-12-21-16/h7-8,13,17,20H,3-6,9-12H2,1-2H3. The normalized spacial score (nSPS) is 20.3. The highest BCUT2D eigenvalue weighted by molar-refractivity contribution is 5.41. The van der Waals surface area contributed by atoms with Gasteiger partial charge in [0.05, 0.1) is 18.2 Å². The molecule has 2 aliphatic heterocycles. The number of fused-ring (bicyclic) bond motifs is 1. The lowest BCUT2D eigenvalue weighted by Crippen LogP contribution is -2.51.